The molecule has 1 aromatic heterocycles. The first-order valence-electron chi connectivity index (χ1n) is 7.93. The van der Waals surface area contributed by atoms with Gasteiger partial charge in [0.1, 0.15) is 11.8 Å². The molecule has 23 heavy (non-hydrogen) atoms. The summed E-state index contributed by atoms with van der Waals surface area (Å²) in [5.41, 5.74) is 1.58. The summed E-state index contributed by atoms with van der Waals surface area (Å²) in [5, 5.41) is 0. The van der Waals surface area contributed by atoms with Crippen molar-refractivity contribution in [3.8, 4) is 0 Å². The fraction of sp³-hybridized carbons (Fsp3) is 0.444. The van der Waals surface area contributed by atoms with Gasteiger partial charge >= 0.3 is 0 Å². The SMILES string of the molecule is CC(C)(C)[C@H]1CN(C(=O)c2cnc[nH]2)C[C@@H](c2ccccc2)O1. The summed E-state index contributed by atoms with van der Waals surface area (Å²) in [6.07, 6.45) is 2.97. The summed E-state index contributed by atoms with van der Waals surface area (Å²) >= 11 is 0. The van der Waals surface area contributed by atoms with Gasteiger partial charge < -0.3 is 14.6 Å². The maximum atomic E-state index is 12.7. The third kappa shape index (κ3) is 3.45. The van der Waals surface area contributed by atoms with Crippen LogP contribution in [0.4, 0.5) is 0 Å². The molecule has 1 amide bonds. The number of hydrogen-bond donors (Lipinski definition) is 1. The lowest BCUT2D eigenvalue weighted by Gasteiger charge is -2.43. The number of ether oxygens (including phenoxy) is 1. The number of benzene rings is 1. The van der Waals surface area contributed by atoms with Gasteiger partial charge in [0.2, 0.25) is 0 Å². The maximum Gasteiger partial charge on any atom is 0.272 e. The molecule has 2 aromatic rings. The Bertz CT molecular complexity index is 647. The number of aromatic nitrogens is 2. The summed E-state index contributed by atoms with van der Waals surface area (Å²) in [6, 6.07) is 10.1. The number of H-pyrrole nitrogens is 1. The van der Waals surface area contributed by atoms with Crippen LogP contribution in [0, 0.1) is 5.41 Å². The molecule has 2 atom stereocenters. The first kappa shape index (κ1) is 15.7. The van der Waals surface area contributed by atoms with Gasteiger partial charge in [-0.1, -0.05) is 51.1 Å². The third-order valence-corrected chi connectivity index (χ3v) is 4.25. The van der Waals surface area contributed by atoms with Crippen molar-refractivity contribution in [3.63, 3.8) is 0 Å². The summed E-state index contributed by atoms with van der Waals surface area (Å²) in [5.74, 6) is -0.0269. The zero-order valence-corrected chi connectivity index (χ0v) is 13.8. The van der Waals surface area contributed by atoms with Crippen LogP contribution in [0.2, 0.25) is 0 Å². The molecule has 1 N–H and O–H groups in total. The van der Waals surface area contributed by atoms with E-state index in [2.05, 4.69) is 42.9 Å². The van der Waals surface area contributed by atoms with Gasteiger partial charge in [-0.25, -0.2) is 4.98 Å². The molecule has 1 aliphatic heterocycles. The number of amides is 1. The minimum absolute atomic E-state index is 0.0201. The van der Waals surface area contributed by atoms with Gasteiger partial charge in [-0.3, -0.25) is 4.79 Å². The largest absolute Gasteiger partial charge is 0.366 e. The van der Waals surface area contributed by atoms with Crippen molar-refractivity contribution in [1.82, 2.24) is 14.9 Å². The molecule has 122 valence electrons. The Hall–Kier alpha value is -2.14. The lowest BCUT2D eigenvalue weighted by atomic mass is 9.87. The van der Waals surface area contributed by atoms with Crippen LogP contribution in [-0.4, -0.2) is 40.0 Å². The Morgan fingerprint density at radius 2 is 2.00 bits per heavy atom. The predicted molar refractivity (Wildman–Crippen MR) is 88.0 cm³/mol. The van der Waals surface area contributed by atoms with Gasteiger partial charge in [-0.2, -0.15) is 0 Å². The normalized spacial score (nSPS) is 22.1. The van der Waals surface area contributed by atoms with Crippen molar-refractivity contribution in [1.29, 1.82) is 0 Å². The van der Waals surface area contributed by atoms with Crippen molar-refractivity contribution in [2.75, 3.05) is 13.1 Å². The maximum absolute atomic E-state index is 12.7. The van der Waals surface area contributed by atoms with Gasteiger partial charge in [0.05, 0.1) is 25.2 Å². The number of carbonyl (C=O) groups excluding carboxylic acids is 1. The Balaban J connectivity index is 1.86. The van der Waals surface area contributed by atoms with E-state index in [0.29, 0.717) is 18.8 Å². The molecule has 1 fully saturated rings. The van der Waals surface area contributed by atoms with E-state index in [9.17, 15) is 4.79 Å². The predicted octanol–water partition coefficient (Wildman–Crippen LogP) is 3.04. The van der Waals surface area contributed by atoms with E-state index in [-0.39, 0.29) is 23.5 Å². The summed E-state index contributed by atoms with van der Waals surface area (Å²) in [6.45, 7) is 7.57. The van der Waals surface area contributed by atoms with Gasteiger partial charge in [-0.05, 0) is 11.0 Å². The number of rotatable bonds is 2. The first-order valence-corrected chi connectivity index (χ1v) is 7.93. The summed E-state index contributed by atoms with van der Waals surface area (Å²) in [7, 11) is 0. The van der Waals surface area contributed by atoms with Gasteiger partial charge in [0.15, 0.2) is 0 Å². The molecule has 1 aliphatic rings. The fourth-order valence-electron chi connectivity index (χ4n) is 2.80. The highest BCUT2D eigenvalue weighted by molar-refractivity contribution is 5.92. The molecule has 0 spiro atoms. The molecule has 0 bridgehead atoms. The second-order valence-electron chi connectivity index (χ2n) is 7.07. The fourth-order valence-corrected chi connectivity index (χ4v) is 2.80. The van der Waals surface area contributed by atoms with Gasteiger partial charge in [0, 0.05) is 6.54 Å². The molecule has 2 heterocycles. The average molecular weight is 313 g/mol. The number of carbonyl (C=O) groups is 1. The standard InChI is InChI=1S/C18H23N3O2/c1-18(2,3)16-11-21(17(22)14-9-19-12-20-14)10-15(23-16)13-7-5-4-6-8-13/h4-9,12,15-16H,10-11H2,1-3H3,(H,19,20)/t15-,16+/m0/s1. The molecule has 1 saturated heterocycles. The van der Waals surface area contributed by atoms with Crippen LogP contribution in [0.25, 0.3) is 0 Å². The number of nitrogens with zero attached hydrogens (tertiary/aromatic N) is 2. The van der Waals surface area contributed by atoms with E-state index >= 15 is 0 Å². The summed E-state index contributed by atoms with van der Waals surface area (Å²) < 4.78 is 6.31. The molecule has 0 radical (unpaired) electrons. The van der Waals surface area contributed by atoms with E-state index in [4.69, 9.17) is 4.74 Å². The van der Waals surface area contributed by atoms with Crippen LogP contribution in [-0.2, 0) is 4.74 Å². The summed E-state index contributed by atoms with van der Waals surface area (Å²) in [4.78, 5) is 21.4. The molecule has 0 saturated carbocycles. The van der Waals surface area contributed by atoms with Crippen LogP contribution in [0.5, 0.6) is 0 Å². The van der Waals surface area contributed by atoms with Crippen molar-refractivity contribution in [3.05, 3.63) is 54.1 Å². The molecule has 0 unspecified atom stereocenters. The minimum Gasteiger partial charge on any atom is -0.366 e. The monoisotopic (exact) mass is 313 g/mol. The number of imidazole rings is 1. The highest BCUT2D eigenvalue weighted by Crippen LogP contribution is 2.33. The minimum atomic E-state index is -0.110. The third-order valence-electron chi connectivity index (χ3n) is 4.25. The van der Waals surface area contributed by atoms with Crippen LogP contribution < -0.4 is 0 Å². The molecule has 1 aromatic carbocycles. The number of aromatic amines is 1. The molecular formula is C18H23N3O2. The van der Waals surface area contributed by atoms with E-state index in [1.54, 1.807) is 6.20 Å². The van der Waals surface area contributed by atoms with Crippen molar-refractivity contribution < 1.29 is 9.53 Å². The van der Waals surface area contributed by atoms with Crippen molar-refractivity contribution in [2.45, 2.75) is 33.0 Å². The quantitative estimate of drug-likeness (QED) is 0.927. The molecule has 5 heteroatoms. The van der Waals surface area contributed by atoms with E-state index in [1.165, 1.54) is 6.33 Å². The Morgan fingerprint density at radius 1 is 1.26 bits per heavy atom. The van der Waals surface area contributed by atoms with Crippen LogP contribution in [0.15, 0.2) is 42.9 Å². The highest BCUT2D eigenvalue weighted by Gasteiger charge is 2.37. The molecule has 3 rings (SSSR count). The zero-order valence-electron chi connectivity index (χ0n) is 13.8. The van der Waals surface area contributed by atoms with E-state index < -0.39 is 0 Å². The van der Waals surface area contributed by atoms with Crippen molar-refractivity contribution in [2.24, 2.45) is 5.41 Å². The second-order valence-corrected chi connectivity index (χ2v) is 7.07. The second kappa shape index (κ2) is 6.16. The lowest BCUT2D eigenvalue weighted by molar-refractivity contribution is -0.119. The Labute approximate surface area is 136 Å². The van der Waals surface area contributed by atoms with Crippen LogP contribution in [0.3, 0.4) is 0 Å². The van der Waals surface area contributed by atoms with Gasteiger partial charge in [-0.15, -0.1) is 0 Å². The highest BCUT2D eigenvalue weighted by atomic mass is 16.5. The molecule has 0 aliphatic carbocycles. The van der Waals surface area contributed by atoms with Gasteiger partial charge in [0.25, 0.3) is 5.91 Å². The van der Waals surface area contributed by atoms with Crippen molar-refractivity contribution >= 4 is 5.91 Å². The number of morpholine rings is 1. The van der Waals surface area contributed by atoms with E-state index in [0.717, 1.165) is 5.56 Å². The van der Waals surface area contributed by atoms with Crippen LogP contribution >= 0.6 is 0 Å². The lowest BCUT2D eigenvalue weighted by Crippen LogP contribution is -2.51. The van der Waals surface area contributed by atoms with E-state index in [1.807, 2.05) is 23.1 Å². The molecular weight excluding hydrogens is 290 g/mol. The smallest absolute Gasteiger partial charge is 0.272 e. The van der Waals surface area contributed by atoms with Crippen LogP contribution in [0.1, 0.15) is 42.9 Å². The zero-order chi connectivity index (χ0) is 16.4. The molecule has 5 nitrogen and oxygen atoms in total. The topological polar surface area (TPSA) is 58.2 Å². The number of hydrogen-bond acceptors (Lipinski definition) is 3. The number of nitrogens with one attached hydrogen (secondary N) is 1. The Kier molecular flexibility index (Phi) is 4.22. The average Bonchev–Trinajstić information content (AvgIpc) is 3.08. The Morgan fingerprint density at radius 3 is 2.61 bits per heavy atom. The first-order chi connectivity index (χ1) is 10.9.